The van der Waals surface area contributed by atoms with Crippen molar-refractivity contribution in [3.8, 4) is 28.9 Å². The van der Waals surface area contributed by atoms with Crippen LogP contribution in [-0.4, -0.2) is 29.3 Å². The number of methoxy groups -OCH3 is 2. The van der Waals surface area contributed by atoms with E-state index in [1.165, 1.54) is 23.3 Å². The monoisotopic (exact) mass is 542 g/mol. The Hall–Kier alpha value is -4.27. The van der Waals surface area contributed by atoms with Crippen LogP contribution in [0.15, 0.2) is 72.8 Å². The Bertz CT molecular complexity index is 1290. The number of nitrogens with zero attached hydrogens (tertiary/aromatic N) is 2. The minimum atomic E-state index is -0.787. The molecule has 1 N–H and O–H groups in total. The van der Waals surface area contributed by atoms with Gasteiger partial charge in [0.2, 0.25) is 23.7 Å². The van der Waals surface area contributed by atoms with Gasteiger partial charge >= 0.3 is 0 Å². The lowest BCUT2D eigenvalue weighted by Gasteiger charge is -2.11. The molecule has 0 spiro atoms. The lowest BCUT2D eigenvalue weighted by atomic mass is 10.1. The Morgan fingerprint density at radius 1 is 0.641 bits per heavy atom. The zero-order valence-corrected chi connectivity index (χ0v) is 22.5. The predicted octanol–water partition coefficient (Wildman–Crippen LogP) is 7.69. The second-order valence-corrected chi connectivity index (χ2v) is 8.18. The zero-order chi connectivity index (χ0) is 28.6. The number of ether oxygens (including phenoxy) is 3. The normalized spacial score (nSPS) is 9.92. The molecule has 0 bridgehead atoms. The number of pyridine rings is 2. The number of aryl methyl sites for hydroxylation is 2. The molecule has 0 unspecified atom stereocenters. The van der Waals surface area contributed by atoms with Gasteiger partial charge in [0, 0.05) is 6.07 Å². The maximum absolute atomic E-state index is 13.0. The lowest BCUT2D eigenvalue weighted by molar-refractivity contribution is 0.370. The molecular formula is C30H33F3N2O4. The van der Waals surface area contributed by atoms with Crippen molar-refractivity contribution in [3.63, 3.8) is 0 Å². The fraction of sp³-hybridized carbons (Fsp3) is 0.267. The van der Waals surface area contributed by atoms with Crippen molar-refractivity contribution in [2.75, 3.05) is 14.2 Å². The number of hydrogen-bond acceptors (Lipinski definition) is 6. The van der Waals surface area contributed by atoms with E-state index < -0.39 is 17.8 Å². The van der Waals surface area contributed by atoms with Crippen LogP contribution in [0.1, 0.15) is 37.8 Å². The minimum Gasteiger partial charge on any atom is -0.504 e. The van der Waals surface area contributed by atoms with E-state index in [-0.39, 0.29) is 11.6 Å². The molecule has 0 radical (unpaired) electrons. The van der Waals surface area contributed by atoms with Crippen molar-refractivity contribution in [1.29, 1.82) is 0 Å². The van der Waals surface area contributed by atoms with E-state index in [0.29, 0.717) is 17.2 Å². The third kappa shape index (κ3) is 10.9. The molecule has 4 rings (SSSR count). The summed E-state index contributed by atoms with van der Waals surface area (Å²) in [7, 11) is 3.14. The van der Waals surface area contributed by atoms with Gasteiger partial charge in [0.15, 0.2) is 23.0 Å². The Kier molecular flexibility index (Phi) is 13.1. The molecule has 0 saturated heterocycles. The predicted molar refractivity (Wildman–Crippen MR) is 144 cm³/mol. The molecule has 0 aliphatic heterocycles. The fourth-order valence-corrected chi connectivity index (χ4v) is 3.35. The highest BCUT2D eigenvalue weighted by Gasteiger charge is 2.08. The minimum absolute atomic E-state index is 0.206. The molecule has 9 heteroatoms. The molecule has 39 heavy (non-hydrogen) atoms. The van der Waals surface area contributed by atoms with Crippen LogP contribution in [0.25, 0.3) is 0 Å². The Labute approximate surface area is 227 Å². The maximum Gasteiger partial charge on any atom is 0.222 e. The quantitative estimate of drug-likeness (QED) is 0.230. The van der Waals surface area contributed by atoms with Crippen LogP contribution in [0.3, 0.4) is 0 Å². The van der Waals surface area contributed by atoms with Gasteiger partial charge in [-0.25, -0.2) is 0 Å². The molecule has 0 amide bonds. The molecule has 0 aliphatic rings. The average Bonchev–Trinajstić information content (AvgIpc) is 2.91. The second-order valence-electron chi connectivity index (χ2n) is 8.18. The van der Waals surface area contributed by atoms with Crippen molar-refractivity contribution in [2.24, 2.45) is 0 Å². The summed E-state index contributed by atoms with van der Waals surface area (Å²) in [5.74, 6) is -0.0219. The molecule has 2 heterocycles. The summed E-state index contributed by atoms with van der Waals surface area (Å²) in [4.78, 5) is 6.50. The number of halogens is 3. The molecule has 0 atom stereocenters. The first-order chi connectivity index (χ1) is 18.8. The molecule has 2 aromatic carbocycles. The van der Waals surface area contributed by atoms with Crippen LogP contribution in [0, 0.1) is 17.8 Å². The summed E-state index contributed by atoms with van der Waals surface area (Å²) < 4.78 is 52.4. The van der Waals surface area contributed by atoms with Crippen LogP contribution in [0.2, 0.25) is 0 Å². The SMILES string of the molecule is CCCc1ccc(O)c(OC)c1.CCCc1ccc(Oc2cccc(F)n2)c(OC)c1.Fc1cccc(F)n1. The highest BCUT2D eigenvalue weighted by Crippen LogP contribution is 2.32. The molecule has 0 aliphatic carbocycles. The van der Waals surface area contributed by atoms with Crippen LogP contribution < -0.4 is 14.2 Å². The van der Waals surface area contributed by atoms with Crippen molar-refractivity contribution in [1.82, 2.24) is 9.97 Å². The Morgan fingerprint density at radius 2 is 1.15 bits per heavy atom. The fourth-order valence-electron chi connectivity index (χ4n) is 3.35. The Morgan fingerprint density at radius 3 is 1.64 bits per heavy atom. The van der Waals surface area contributed by atoms with E-state index in [9.17, 15) is 18.3 Å². The summed E-state index contributed by atoms with van der Waals surface area (Å²) in [6.45, 7) is 4.24. The van der Waals surface area contributed by atoms with Gasteiger partial charge in [0.05, 0.1) is 14.2 Å². The van der Waals surface area contributed by atoms with Crippen molar-refractivity contribution in [2.45, 2.75) is 39.5 Å². The first kappa shape index (κ1) is 31.0. The van der Waals surface area contributed by atoms with Gasteiger partial charge in [-0.1, -0.05) is 51.0 Å². The third-order valence-electron chi connectivity index (χ3n) is 5.13. The molecule has 6 nitrogen and oxygen atoms in total. The highest BCUT2D eigenvalue weighted by atomic mass is 19.1. The van der Waals surface area contributed by atoms with Crippen molar-refractivity contribution in [3.05, 3.63) is 102 Å². The number of hydrogen-bond donors (Lipinski definition) is 1. The smallest absolute Gasteiger partial charge is 0.222 e. The number of aromatic hydroxyl groups is 1. The average molecular weight is 543 g/mol. The van der Waals surface area contributed by atoms with Gasteiger partial charge in [-0.3, -0.25) is 0 Å². The third-order valence-corrected chi connectivity index (χ3v) is 5.13. The first-order valence-corrected chi connectivity index (χ1v) is 12.4. The molecule has 4 aromatic rings. The van der Waals surface area contributed by atoms with Crippen LogP contribution in [0.4, 0.5) is 13.2 Å². The van der Waals surface area contributed by atoms with E-state index in [0.717, 1.165) is 37.8 Å². The second kappa shape index (κ2) is 16.5. The topological polar surface area (TPSA) is 73.7 Å². The van der Waals surface area contributed by atoms with Gasteiger partial charge in [-0.2, -0.15) is 23.1 Å². The Balaban J connectivity index is 0.000000227. The number of rotatable bonds is 8. The summed E-state index contributed by atoms with van der Waals surface area (Å²) in [6, 6.07) is 19.0. The molecule has 0 saturated carbocycles. The van der Waals surface area contributed by atoms with E-state index in [4.69, 9.17) is 14.2 Å². The van der Waals surface area contributed by atoms with E-state index >= 15 is 0 Å². The highest BCUT2D eigenvalue weighted by molar-refractivity contribution is 5.44. The van der Waals surface area contributed by atoms with E-state index in [2.05, 4.69) is 23.8 Å². The van der Waals surface area contributed by atoms with Gasteiger partial charge in [0.1, 0.15) is 0 Å². The molecular weight excluding hydrogens is 509 g/mol. The van der Waals surface area contributed by atoms with E-state index in [1.54, 1.807) is 32.4 Å². The molecule has 0 fully saturated rings. The van der Waals surface area contributed by atoms with Crippen molar-refractivity contribution >= 4 is 0 Å². The van der Waals surface area contributed by atoms with Gasteiger partial charge in [-0.05, 0) is 66.4 Å². The summed E-state index contributed by atoms with van der Waals surface area (Å²) >= 11 is 0. The number of aromatic nitrogens is 2. The number of phenolic OH excluding ortho intramolecular Hbond substituents is 1. The maximum atomic E-state index is 13.0. The van der Waals surface area contributed by atoms with E-state index in [1.807, 2.05) is 30.3 Å². The van der Waals surface area contributed by atoms with Gasteiger partial charge in [0.25, 0.3) is 0 Å². The largest absolute Gasteiger partial charge is 0.504 e. The zero-order valence-electron chi connectivity index (χ0n) is 22.5. The standard InChI is InChI=1S/C15H16FNO2.C10H14O2.C5H3F2N/c1-3-5-11-8-9-12(13(10-11)18-2)19-15-7-4-6-14(16)17-15;1-3-4-8-5-6-9(11)10(7-8)12-2;6-4-2-1-3-5(7)8-4/h4,6-10H,3,5H2,1-2H3;5-7,11H,3-4H2,1-2H3;1-3H. The van der Waals surface area contributed by atoms with Crippen LogP contribution in [0.5, 0.6) is 28.9 Å². The molecule has 2 aromatic heterocycles. The summed E-state index contributed by atoms with van der Waals surface area (Å²) in [6.07, 6.45) is 4.17. The van der Waals surface area contributed by atoms with Crippen LogP contribution in [-0.2, 0) is 12.8 Å². The summed E-state index contributed by atoms with van der Waals surface area (Å²) in [5.41, 5.74) is 2.38. The van der Waals surface area contributed by atoms with Crippen molar-refractivity contribution < 1.29 is 32.5 Å². The molecule has 208 valence electrons. The lowest BCUT2D eigenvalue weighted by Crippen LogP contribution is -1.94. The first-order valence-electron chi connectivity index (χ1n) is 12.4. The van der Waals surface area contributed by atoms with Gasteiger partial charge < -0.3 is 19.3 Å². The van der Waals surface area contributed by atoms with Gasteiger partial charge in [-0.15, -0.1) is 0 Å². The van der Waals surface area contributed by atoms with Crippen LogP contribution >= 0.6 is 0 Å². The summed E-state index contributed by atoms with van der Waals surface area (Å²) in [5, 5.41) is 9.28. The number of benzene rings is 2. The number of phenols is 1.